The Balaban J connectivity index is 2.29. The third kappa shape index (κ3) is 3.48. The number of nitro groups is 1. The van der Waals surface area contributed by atoms with Gasteiger partial charge in [0.25, 0.3) is 5.69 Å². The lowest BCUT2D eigenvalue weighted by atomic mass is 10.1. The lowest BCUT2D eigenvalue weighted by Gasteiger charge is -2.25. The molecule has 20 heavy (non-hydrogen) atoms. The van der Waals surface area contributed by atoms with Crippen molar-refractivity contribution in [3.05, 3.63) is 33.9 Å². The minimum absolute atomic E-state index is 0.104. The van der Waals surface area contributed by atoms with Gasteiger partial charge in [-0.15, -0.1) is 0 Å². The van der Waals surface area contributed by atoms with E-state index in [1.54, 1.807) is 12.1 Å². The third-order valence-electron chi connectivity index (χ3n) is 3.66. The first-order chi connectivity index (χ1) is 9.52. The van der Waals surface area contributed by atoms with Crippen molar-refractivity contribution in [1.82, 2.24) is 0 Å². The molecule has 0 saturated heterocycles. The summed E-state index contributed by atoms with van der Waals surface area (Å²) in [5, 5.41) is 20.4. The normalized spacial score (nSPS) is 14.6. The number of rotatable bonds is 7. The van der Waals surface area contributed by atoms with E-state index in [0.29, 0.717) is 23.2 Å². The highest BCUT2D eigenvalue weighted by atomic mass is 16.6. The van der Waals surface area contributed by atoms with Gasteiger partial charge in [-0.25, -0.2) is 0 Å². The zero-order valence-electron chi connectivity index (χ0n) is 12.1. The molecule has 1 aromatic rings. The maximum absolute atomic E-state index is 11.3. The van der Waals surface area contributed by atoms with Crippen molar-refractivity contribution in [1.29, 1.82) is 0 Å². The molecule has 1 aliphatic carbocycles. The van der Waals surface area contributed by atoms with Gasteiger partial charge in [0, 0.05) is 18.7 Å². The van der Waals surface area contributed by atoms with Gasteiger partial charge in [-0.2, -0.15) is 0 Å². The first-order valence-corrected chi connectivity index (χ1v) is 7.17. The first-order valence-electron chi connectivity index (χ1n) is 7.17. The van der Waals surface area contributed by atoms with Gasteiger partial charge in [0.1, 0.15) is 5.69 Å². The van der Waals surface area contributed by atoms with E-state index in [4.69, 9.17) is 5.11 Å². The Morgan fingerprint density at radius 2 is 2.15 bits per heavy atom. The van der Waals surface area contributed by atoms with E-state index < -0.39 is 0 Å². The Morgan fingerprint density at radius 1 is 1.45 bits per heavy atom. The van der Waals surface area contributed by atoms with Crippen LogP contribution in [0.4, 0.5) is 11.4 Å². The fourth-order valence-corrected chi connectivity index (χ4v) is 2.34. The minimum Gasteiger partial charge on any atom is -0.392 e. The molecule has 0 amide bonds. The summed E-state index contributed by atoms with van der Waals surface area (Å²) >= 11 is 0. The van der Waals surface area contributed by atoms with Crippen LogP contribution in [0.25, 0.3) is 0 Å². The highest BCUT2D eigenvalue weighted by molar-refractivity contribution is 5.65. The summed E-state index contributed by atoms with van der Waals surface area (Å²) in [5.74, 6) is 0.576. The molecule has 0 atom stereocenters. The van der Waals surface area contributed by atoms with Gasteiger partial charge in [0.2, 0.25) is 0 Å². The van der Waals surface area contributed by atoms with Crippen LogP contribution >= 0.6 is 0 Å². The first kappa shape index (κ1) is 14.8. The summed E-state index contributed by atoms with van der Waals surface area (Å²) < 4.78 is 0. The summed E-state index contributed by atoms with van der Waals surface area (Å²) in [4.78, 5) is 13.1. The average molecular weight is 278 g/mol. The topological polar surface area (TPSA) is 66.6 Å². The molecule has 0 unspecified atom stereocenters. The lowest BCUT2D eigenvalue weighted by molar-refractivity contribution is -0.384. The molecule has 5 nitrogen and oxygen atoms in total. The lowest BCUT2D eigenvalue weighted by Crippen LogP contribution is -2.28. The smallest absolute Gasteiger partial charge is 0.292 e. The summed E-state index contributed by atoms with van der Waals surface area (Å²) in [6, 6.07) is 5.47. The molecule has 1 aromatic carbocycles. The van der Waals surface area contributed by atoms with E-state index in [1.165, 1.54) is 6.07 Å². The predicted molar refractivity (Wildman–Crippen MR) is 78.8 cm³/mol. The number of hydrogen-bond acceptors (Lipinski definition) is 4. The zero-order valence-corrected chi connectivity index (χ0v) is 12.1. The number of benzene rings is 1. The predicted octanol–water partition coefficient (Wildman–Crippen LogP) is 3.10. The molecule has 110 valence electrons. The van der Waals surface area contributed by atoms with Gasteiger partial charge in [0.05, 0.1) is 11.5 Å². The largest absolute Gasteiger partial charge is 0.392 e. The number of aliphatic hydroxyl groups is 1. The molecule has 2 rings (SSSR count). The summed E-state index contributed by atoms with van der Waals surface area (Å²) in [6.45, 7) is 5.00. The molecule has 1 saturated carbocycles. The van der Waals surface area contributed by atoms with E-state index in [2.05, 4.69) is 18.7 Å². The molecule has 0 aliphatic heterocycles. The van der Waals surface area contributed by atoms with Crippen molar-refractivity contribution in [3.63, 3.8) is 0 Å². The van der Waals surface area contributed by atoms with Gasteiger partial charge in [0.15, 0.2) is 0 Å². The Kier molecular flexibility index (Phi) is 4.60. The van der Waals surface area contributed by atoms with Crippen molar-refractivity contribution in [2.45, 2.75) is 45.8 Å². The molecular weight excluding hydrogens is 256 g/mol. The van der Waals surface area contributed by atoms with Crippen LogP contribution in [0.15, 0.2) is 18.2 Å². The van der Waals surface area contributed by atoms with Gasteiger partial charge >= 0.3 is 0 Å². The van der Waals surface area contributed by atoms with Crippen molar-refractivity contribution >= 4 is 11.4 Å². The molecule has 0 radical (unpaired) electrons. The molecular formula is C15H22N2O3. The van der Waals surface area contributed by atoms with E-state index in [1.807, 2.05) is 0 Å². The number of hydrogen-bond donors (Lipinski definition) is 1. The summed E-state index contributed by atoms with van der Waals surface area (Å²) in [6.07, 6.45) is 3.24. The molecule has 0 heterocycles. The fourth-order valence-electron chi connectivity index (χ4n) is 2.34. The van der Waals surface area contributed by atoms with Crippen LogP contribution in [0.1, 0.15) is 38.7 Å². The highest BCUT2D eigenvalue weighted by Crippen LogP contribution is 2.37. The SMILES string of the molecule is CC(C)CCN(c1ccc(CO)cc1[N+](=O)[O-])C1CC1. The minimum atomic E-state index is -0.348. The van der Waals surface area contributed by atoms with E-state index >= 15 is 0 Å². The quantitative estimate of drug-likeness (QED) is 0.614. The van der Waals surface area contributed by atoms with Crippen molar-refractivity contribution in [3.8, 4) is 0 Å². The standard InChI is InChI=1S/C15H22N2O3/c1-11(2)7-8-16(13-4-5-13)14-6-3-12(10-18)9-15(14)17(19)20/h3,6,9,11,13,18H,4-5,7-8,10H2,1-2H3. The van der Waals surface area contributed by atoms with Gasteiger partial charge in [-0.1, -0.05) is 19.9 Å². The summed E-state index contributed by atoms with van der Waals surface area (Å²) in [7, 11) is 0. The van der Waals surface area contributed by atoms with E-state index in [0.717, 1.165) is 25.8 Å². The van der Waals surface area contributed by atoms with Crippen LogP contribution in [0, 0.1) is 16.0 Å². The number of nitro benzene ring substituents is 1. The van der Waals surface area contributed by atoms with Crippen LogP contribution in [0.5, 0.6) is 0 Å². The molecule has 0 bridgehead atoms. The van der Waals surface area contributed by atoms with E-state index in [9.17, 15) is 10.1 Å². The van der Waals surface area contributed by atoms with Crippen molar-refractivity contribution in [2.75, 3.05) is 11.4 Å². The second-order valence-electron chi connectivity index (χ2n) is 5.85. The van der Waals surface area contributed by atoms with E-state index in [-0.39, 0.29) is 17.2 Å². The van der Waals surface area contributed by atoms with Crippen LogP contribution in [0.2, 0.25) is 0 Å². The van der Waals surface area contributed by atoms with Gasteiger partial charge < -0.3 is 10.0 Å². The average Bonchev–Trinajstić information content (AvgIpc) is 3.23. The summed E-state index contributed by atoms with van der Waals surface area (Å²) in [5.41, 5.74) is 1.38. The fraction of sp³-hybridized carbons (Fsp3) is 0.600. The number of anilines is 1. The number of aliphatic hydroxyl groups excluding tert-OH is 1. The zero-order chi connectivity index (χ0) is 14.7. The van der Waals surface area contributed by atoms with Crippen LogP contribution in [0.3, 0.4) is 0 Å². The van der Waals surface area contributed by atoms with Crippen LogP contribution in [-0.4, -0.2) is 22.6 Å². The van der Waals surface area contributed by atoms with Gasteiger partial charge in [-0.3, -0.25) is 10.1 Å². The molecule has 1 fully saturated rings. The Bertz CT molecular complexity index is 484. The molecule has 5 heteroatoms. The maximum Gasteiger partial charge on any atom is 0.292 e. The van der Waals surface area contributed by atoms with Gasteiger partial charge in [-0.05, 0) is 36.8 Å². The Hall–Kier alpha value is -1.62. The third-order valence-corrected chi connectivity index (χ3v) is 3.66. The molecule has 0 spiro atoms. The van der Waals surface area contributed by atoms with Crippen LogP contribution < -0.4 is 4.90 Å². The van der Waals surface area contributed by atoms with Crippen LogP contribution in [-0.2, 0) is 6.61 Å². The molecule has 1 aliphatic rings. The second-order valence-corrected chi connectivity index (χ2v) is 5.85. The maximum atomic E-state index is 11.3. The van der Waals surface area contributed by atoms with Crippen molar-refractivity contribution in [2.24, 2.45) is 5.92 Å². The highest BCUT2D eigenvalue weighted by Gasteiger charge is 2.32. The monoisotopic (exact) mass is 278 g/mol. The Labute approximate surface area is 119 Å². The molecule has 0 aromatic heterocycles. The Morgan fingerprint density at radius 3 is 2.65 bits per heavy atom. The van der Waals surface area contributed by atoms with Crippen molar-refractivity contribution < 1.29 is 10.0 Å². The second kappa shape index (κ2) is 6.22. The number of nitrogens with zero attached hydrogens (tertiary/aromatic N) is 2. The molecule has 1 N–H and O–H groups in total.